The van der Waals surface area contributed by atoms with Crippen LogP contribution >= 0.6 is 0 Å². The molecular weight excluding hydrogens is 160 g/mol. The van der Waals surface area contributed by atoms with E-state index < -0.39 is 0 Å². The molecule has 2 unspecified atom stereocenters. The minimum Gasteiger partial charge on any atom is -0.299 e. The SMILES string of the molecule is CC1CCC(=O)C(CCC2CC2)C1. The normalized spacial score (nSPS) is 35.0. The second-order valence-electron chi connectivity index (χ2n) is 5.06. The topological polar surface area (TPSA) is 17.1 Å². The molecular formula is C12H20O. The summed E-state index contributed by atoms with van der Waals surface area (Å²) in [6.45, 7) is 2.29. The third-order valence-corrected chi connectivity index (χ3v) is 3.65. The summed E-state index contributed by atoms with van der Waals surface area (Å²) in [4.78, 5) is 11.6. The average Bonchev–Trinajstić information content (AvgIpc) is 2.90. The Kier molecular flexibility index (Phi) is 2.71. The van der Waals surface area contributed by atoms with E-state index in [2.05, 4.69) is 6.92 Å². The van der Waals surface area contributed by atoms with Crippen molar-refractivity contribution in [1.82, 2.24) is 0 Å². The van der Waals surface area contributed by atoms with E-state index in [0.717, 1.165) is 24.7 Å². The highest BCUT2D eigenvalue weighted by Crippen LogP contribution is 2.37. The summed E-state index contributed by atoms with van der Waals surface area (Å²) in [6, 6.07) is 0. The number of ketones is 1. The molecule has 0 N–H and O–H groups in total. The van der Waals surface area contributed by atoms with Gasteiger partial charge in [0.25, 0.3) is 0 Å². The standard InChI is InChI=1S/C12H20O/c1-9-2-7-12(13)11(8-9)6-5-10-3-4-10/h9-11H,2-8H2,1H3. The predicted molar refractivity (Wildman–Crippen MR) is 53.5 cm³/mol. The van der Waals surface area contributed by atoms with E-state index in [0.29, 0.717) is 11.7 Å². The lowest BCUT2D eigenvalue weighted by molar-refractivity contribution is -0.125. The molecule has 0 aromatic carbocycles. The summed E-state index contributed by atoms with van der Waals surface area (Å²) in [6.07, 6.45) is 8.53. The molecule has 13 heavy (non-hydrogen) atoms. The smallest absolute Gasteiger partial charge is 0.135 e. The minimum atomic E-state index is 0.435. The van der Waals surface area contributed by atoms with Crippen LogP contribution < -0.4 is 0 Å². The molecule has 0 spiro atoms. The van der Waals surface area contributed by atoms with Gasteiger partial charge in [-0.25, -0.2) is 0 Å². The third kappa shape index (κ3) is 2.55. The fourth-order valence-electron chi connectivity index (χ4n) is 2.45. The van der Waals surface area contributed by atoms with E-state index in [-0.39, 0.29) is 0 Å². The Morgan fingerprint density at radius 3 is 2.69 bits per heavy atom. The molecule has 2 fully saturated rings. The number of carbonyl (C=O) groups is 1. The highest BCUT2D eigenvalue weighted by atomic mass is 16.1. The quantitative estimate of drug-likeness (QED) is 0.652. The molecule has 2 aliphatic rings. The Bertz CT molecular complexity index is 193. The first kappa shape index (κ1) is 9.23. The monoisotopic (exact) mass is 180 g/mol. The van der Waals surface area contributed by atoms with Crippen LogP contribution in [0.4, 0.5) is 0 Å². The van der Waals surface area contributed by atoms with Gasteiger partial charge in [0.1, 0.15) is 5.78 Å². The summed E-state index contributed by atoms with van der Waals surface area (Å²) in [7, 11) is 0. The minimum absolute atomic E-state index is 0.435. The molecule has 0 aromatic heterocycles. The van der Waals surface area contributed by atoms with Crippen LogP contribution in [0, 0.1) is 17.8 Å². The first-order chi connectivity index (χ1) is 6.25. The number of hydrogen-bond donors (Lipinski definition) is 0. The van der Waals surface area contributed by atoms with E-state index in [1.807, 2.05) is 0 Å². The second-order valence-corrected chi connectivity index (χ2v) is 5.06. The molecule has 0 amide bonds. The van der Waals surface area contributed by atoms with Gasteiger partial charge in [-0.2, -0.15) is 0 Å². The molecule has 0 aromatic rings. The highest BCUT2D eigenvalue weighted by molar-refractivity contribution is 5.81. The number of rotatable bonds is 3. The van der Waals surface area contributed by atoms with Gasteiger partial charge in [-0.3, -0.25) is 4.79 Å². The van der Waals surface area contributed by atoms with Crippen LogP contribution in [0.5, 0.6) is 0 Å². The zero-order valence-corrected chi connectivity index (χ0v) is 8.59. The van der Waals surface area contributed by atoms with Gasteiger partial charge in [-0.05, 0) is 37.5 Å². The lowest BCUT2D eigenvalue weighted by Gasteiger charge is -2.25. The van der Waals surface area contributed by atoms with Crippen LogP contribution in [0.15, 0.2) is 0 Å². The molecule has 0 radical (unpaired) electrons. The molecule has 1 heteroatoms. The Hall–Kier alpha value is -0.330. The first-order valence-corrected chi connectivity index (χ1v) is 5.78. The molecule has 2 rings (SSSR count). The van der Waals surface area contributed by atoms with Crippen molar-refractivity contribution in [3.05, 3.63) is 0 Å². The molecule has 2 atom stereocenters. The van der Waals surface area contributed by atoms with E-state index in [1.54, 1.807) is 0 Å². The van der Waals surface area contributed by atoms with Crippen molar-refractivity contribution in [1.29, 1.82) is 0 Å². The molecule has 0 bridgehead atoms. The number of carbonyl (C=O) groups excluding carboxylic acids is 1. The van der Waals surface area contributed by atoms with Crippen LogP contribution in [0.3, 0.4) is 0 Å². The Morgan fingerprint density at radius 2 is 2.00 bits per heavy atom. The molecule has 0 heterocycles. The van der Waals surface area contributed by atoms with Crippen LogP contribution in [0.25, 0.3) is 0 Å². The van der Waals surface area contributed by atoms with Crippen LogP contribution in [0.2, 0.25) is 0 Å². The first-order valence-electron chi connectivity index (χ1n) is 5.78. The van der Waals surface area contributed by atoms with Gasteiger partial charge in [-0.15, -0.1) is 0 Å². The largest absolute Gasteiger partial charge is 0.299 e. The zero-order chi connectivity index (χ0) is 9.26. The summed E-state index contributed by atoms with van der Waals surface area (Å²) in [5, 5.41) is 0. The summed E-state index contributed by atoms with van der Waals surface area (Å²) in [5.74, 6) is 2.77. The Labute approximate surface area is 80.9 Å². The van der Waals surface area contributed by atoms with Gasteiger partial charge >= 0.3 is 0 Å². The van der Waals surface area contributed by atoms with Crippen LogP contribution in [-0.4, -0.2) is 5.78 Å². The second kappa shape index (κ2) is 3.81. The lowest BCUT2D eigenvalue weighted by Crippen LogP contribution is -2.23. The van der Waals surface area contributed by atoms with E-state index in [9.17, 15) is 4.79 Å². The molecule has 0 saturated heterocycles. The van der Waals surface area contributed by atoms with E-state index in [4.69, 9.17) is 0 Å². The van der Waals surface area contributed by atoms with Crippen molar-refractivity contribution in [3.8, 4) is 0 Å². The van der Waals surface area contributed by atoms with Gasteiger partial charge in [0, 0.05) is 12.3 Å². The zero-order valence-electron chi connectivity index (χ0n) is 8.59. The molecule has 1 nitrogen and oxygen atoms in total. The molecule has 74 valence electrons. The maximum absolute atomic E-state index is 11.6. The van der Waals surface area contributed by atoms with Crippen molar-refractivity contribution < 1.29 is 4.79 Å². The number of hydrogen-bond acceptors (Lipinski definition) is 1. The van der Waals surface area contributed by atoms with Crippen molar-refractivity contribution in [2.24, 2.45) is 17.8 Å². The number of Topliss-reactive ketones (excluding diaryl/α,β-unsaturated/α-hetero) is 1. The van der Waals surface area contributed by atoms with Crippen molar-refractivity contribution >= 4 is 5.78 Å². The van der Waals surface area contributed by atoms with Gasteiger partial charge in [0.15, 0.2) is 0 Å². The molecule has 2 aliphatic carbocycles. The Balaban J connectivity index is 1.77. The fourth-order valence-corrected chi connectivity index (χ4v) is 2.45. The summed E-state index contributed by atoms with van der Waals surface area (Å²) in [5.41, 5.74) is 0. The lowest BCUT2D eigenvalue weighted by atomic mass is 9.79. The van der Waals surface area contributed by atoms with E-state index >= 15 is 0 Å². The van der Waals surface area contributed by atoms with Crippen molar-refractivity contribution in [2.45, 2.75) is 51.9 Å². The average molecular weight is 180 g/mol. The third-order valence-electron chi connectivity index (χ3n) is 3.65. The van der Waals surface area contributed by atoms with Crippen molar-refractivity contribution in [3.63, 3.8) is 0 Å². The van der Waals surface area contributed by atoms with Gasteiger partial charge in [0.05, 0.1) is 0 Å². The van der Waals surface area contributed by atoms with Gasteiger partial charge < -0.3 is 0 Å². The highest BCUT2D eigenvalue weighted by Gasteiger charge is 2.29. The predicted octanol–water partition coefficient (Wildman–Crippen LogP) is 3.18. The molecule has 0 aliphatic heterocycles. The van der Waals surface area contributed by atoms with E-state index in [1.165, 1.54) is 32.1 Å². The fraction of sp³-hybridized carbons (Fsp3) is 0.917. The maximum Gasteiger partial charge on any atom is 0.135 e. The van der Waals surface area contributed by atoms with Gasteiger partial charge in [-0.1, -0.05) is 19.8 Å². The van der Waals surface area contributed by atoms with Crippen LogP contribution in [-0.2, 0) is 4.79 Å². The Morgan fingerprint density at radius 1 is 1.23 bits per heavy atom. The summed E-state index contributed by atoms with van der Waals surface area (Å²) < 4.78 is 0. The maximum atomic E-state index is 11.6. The molecule has 2 saturated carbocycles. The summed E-state index contributed by atoms with van der Waals surface area (Å²) >= 11 is 0. The van der Waals surface area contributed by atoms with Gasteiger partial charge in [0.2, 0.25) is 0 Å². The van der Waals surface area contributed by atoms with Crippen LogP contribution in [0.1, 0.15) is 51.9 Å². The van der Waals surface area contributed by atoms with Crippen molar-refractivity contribution in [2.75, 3.05) is 0 Å².